The summed E-state index contributed by atoms with van der Waals surface area (Å²) in [5.41, 5.74) is 11.5. The zero-order valence-corrected chi connectivity index (χ0v) is 13.5. The Morgan fingerprint density at radius 2 is 1.83 bits per heavy atom. The van der Waals surface area contributed by atoms with Gasteiger partial charge in [0.15, 0.2) is 0 Å². The highest BCUT2D eigenvalue weighted by Gasteiger charge is 2.20. The summed E-state index contributed by atoms with van der Waals surface area (Å²) in [4.78, 5) is 34.0. The number of benzene rings is 1. The lowest BCUT2D eigenvalue weighted by atomic mass is 10.1. The Balaban J connectivity index is 2.49. The zero-order valence-electron chi connectivity index (χ0n) is 13.5. The van der Waals surface area contributed by atoms with Gasteiger partial charge in [0, 0.05) is 17.8 Å². The van der Waals surface area contributed by atoms with E-state index in [2.05, 4.69) is 10.6 Å². The summed E-state index contributed by atoms with van der Waals surface area (Å²) in [5, 5.41) is 15.7. The molecule has 9 nitrogen and oxygen atoms in total. The van der Waals surface area contributed by atoms with E-state index in [9.17, 15) is 19.7 Å². The fraction of sp³-hybridized carbons (Fsp3) is 0.467. The second kappa shape index (κ2) is 9.58. The van der Waals surface area contributed by atoms with Crippen molar-refractivity contribution in [1.82, 2.24) is 5.32 Å². The molecule has 24 heavy (non-hydrogen) atoms. The number of non-ortho nitro benzene ring substituents is 1. The van der Waals surface area contributed by atoms with Crippen LogP contribution < -0.4 is 22.1 Å². The fourth-order valence-electron chi connectivity index (χ4n) is 1.94. The highest BCUT2D eigenvalue weighted by molar-refractivity contribution is 5.97. The summed E-state index contributed by atoms with van der Waals surface area (Å²) in [5.74, 6) is -0.843. The second-order valence-corrected chi connectivity index (χ2v) is 5.41. The van der Waals surface area contributed by atoms with Gasteiger partial charge in [-0.2, -0.15) is 0 Å². The molecule has 6 N–H and O–H groups in total. The molecule has 1 aromatic rings. The quantitative estimate of drug-likeness (QED) is 0.292. The minimum absolute atomic E-state index is 0.0715. The molecule has 2 unspecified atom stereocenters. The van der Waals surface area contributed by atoms with E-state index in [1.165, 1.54) is 31.2 Å². The number of rotatable bonds is 9. The Bertz CT molecular complexity index is 576. The lowest BCUT2D eigenvalue weighted by Gasteiger charge is -2.17. The number of nitrogens with one attached hydrogen (secondary N) is 2. The molecule has 1 rings (SSSR count). The van der Waals surface area contributed by atoms with E-state index in [0.29, 0.717) is 18.7 Å². The van der Waals surface area contributed by atoms with Crippen LogP contribution in [0.5, 0.6) is 0 Å². The number of unbranched alkanes of at least 4 members (excludes halogenated alkanes) is 1. The summed E-state index contributed by atoms with van der Waals surface area (Å²) in [6.45, 7) is 2.08. The van der Waals surface area contributed by atoms with Crippen molar-refractivity contribution >= 4 is 23.2 Å². The van der Waals surface area contributed by atoms with Gasteiger partial charge < -0.3 is 22.1 Å². The van der Waals surface area contributed by atoms with Gasteiger partial charge >= 0.3 is 0 Å². The highest BCUT2D eigenvalue weighted by Crippen LogP contribution is 2.15. The van der Waals surface area contributed by atoms with Crippen molar-refractivity contribution in [2.75, 3.05) is 11.9 Å². The smallest absolute Gasteiger partial charge is 0.269 e. The molecule has 0 aliphatic carbocycles. The lowest BCUT2D eigenvalue weighted by Crippen LogP contribution is -2.48. The maximum atomic E-state index is 12.0. The summed E-state index contributed by atoms with van der Waals surface area (Å²) in [6.07, 6.45) is 2.03. The zero-order chi connectivity index (χ0) is 18.1. The number of nitrogens with two attached hydrogens (primary N) is 2. The van der Waals surface area contributed by atoms with Gasteiger partial charge in [0.05, 0.1) is 11.0 Å². The molecule has 0 heterocycles. The van der Waals surface area contributed by atoms with Gasteiger partial charge in [-0.05, 0) is 38.4 Å². The summed E-state index contributed by atoms with van der Waals surface area (Å²) < 4.78 is 0. The summed E-state index contributed by atoms with van der Waals surface area (Å²) in [7, 11) is 0. The Labute approximate surface area is 139 Å². The minimum atomic E-state index is -0.784. The first kappa shape index (κ1) is 19.5. The molecule has 2 amide bonds. The van der Waals surface area contributed by atoms with Crippen LogP contribution in [-0.2, 0) is 9.59 Å². The van der Waals surface area contributed by atoms with Crippen LogP contribution >= 0.6 is 0 Å². The molecular weight excluding hydrogens is 314 g/mol. The standard InChI is InChI=1S/C15H23N5O4/c1-10(18-15(22)13(17)4-2-3-9-16)14(21)19-11-5-7-12(8-6-11)20(23)24/h5-8,10,13H,2-4,9,16-17H2,1H3,(H,18,22)(H,19,21). The van der Waals surface area contributed by atoms with Gasteiger partial charge in [0.25, 0.3) is 5.69 Å². The van der Waals surface area contributed by atoms with E-state index >= 15 is 0 Å². The average Bonchev–Trinajstić information content (AvgIpc) is 2.55. The molecule has 132 valence electrons. The van der Waals surface area contributed by atoms with Gasteiger partial charge in [-0.15, -0.1) is 0 Å². The van der Waals surface area contributed by atoms with Gasteiger partial charge in [0.2, 0.25) is 11.8 Å². The molecule has 9 heteroatoms. The Kier molecular flexibility index (Phi) is 7.80. The number of anilines is 1. The number of carbonyl (C=O) groups is 2. The molecule has 0 bridgehead atoms. The molecule has 0 spiro atoms. The van der Waals surface area contributed by atoms with E-state index in [0.717, 1.165) is 12.8 Å². The van der Waals surface area contributed by atoms with Gasteiger partial charge in [-0.3, -0.25) is 19.7 Å². The van der Waals surface area contributed by atoms with Crippen molar-refractivity contribution in [3.63, 3.8) is 0 Å². The van der Waals surface area contributed by atoms with Gasteiger partial charge in [0.1, 0.15) is 6.04 Å². The number of amides is 2. The number of hydrogen-bond acceptors (Lipinski definition) is 6. The molecule has 0 radical (unpaired) electrons. The molecule has 0 aliphatic rings. The van der Waals surface area contributed by atoms with Crippen LogP contribution in [0.3, 0.4) is 0 Å². The van der Waals surface area contributed by atoms with Crippen LogP contribution in [0.2, 0.25) is 0 Å². The van der Waals surface area contributed by atoms with Crippen molar-refractivity contribution in [3.8, 4) is 0 Å². The van der Waals surface area contributed by atoms with E-state index in [1.54, 1.807) is 0 Å². The maximum absolute atomic E-state index is 12.0. The predicted octanol–water partition coefficient (Wildman–Crippen LogP) is 0.494. The summed E-state index contributed by atoms with van der Waals surface area (Å²) in [6, 6.07) is 3.93. The largest absolute Gasteiger partial charge is 0.343 e. The molecule has 1 aromatic carbocycles. The van der Waals surface area contributed by atoms with Crippen LogP contribution in [0, 0.1) is 10.1 Å². The number of nitro groups is 1. The lowest BCUT2D eigenvalue weighted by molar-refractivity contribution is -0.384. The number of hydrogen-bond donors (Lipinski definition) is 4. The Morgan fingerprint density at radius 3 is 2.38 bits per heavy atom. The molecule has 0 aliphatic heterocycles. The first-order valence-electron chi connectivity index (χ1n) is 7.66. The van der Waals surface area contributed by atoms with E-state index in [-0.39, 0.29) is 5.69 Å². The third kappa shape index (κ3) is 6.31. The summed E-state index contributed by atoms with van der Waals surface area (Å²) >= 11 is 0. The fourth-order valence-corrected chi connectivity index (χ4v) is 1.94. The van der Waals surface area contributed by atoms with Crippen molar-refractivity contribution in [2.24, 2.45) is 11.5 Å². The first-order chi connectivity index (χ1) is 11.3. The average molecular weight is 337 g/mol. The van der Waals surface area contributed by atoms with Crippen molar-refractivity contribution in [2.45, 2.75) is 38.3 Å². The van der Waals surface area contributed by atoms with Crippen molar-refractivity contribution in [3.05, 3.63) is 34.4 Å². The molecule has 2 atom stereocenters. The van der Waals surface area contributed by atoms with E-state index in [4.69, 9.17) is 11.5 Å². The normalized spacial score (nSPS) is 13.0. The first-order valence-corrected chi connectivity index (χ1v) is 7.66. The molecule has 0 saturated heterocycles. The highest BCUT2D eigenvalue weighted by atomic mass is 16.6. The van der Waals surface area contributed by atoms with Crippen LogP contribution in [0.1, 0.15) is 26.2 Å². The molecular formula is C15H23N5O4. The van der Waals surface area contributed by atoms with E-state index < -0.39 is 28.8 Å². The van der Waals surface area contributed by atoms with Crippen molar-refractivity contribution in [1.29, 1.82) is 0 Å². The third-order valence-corrected chi connectivity index (χ3v) is 3.40. The SMILES string of the molecule is CC(NC(=O)C(N)CCCCN)C(=O)Nc1ccc([N+](=O)[O-])cc1. The van der Waals surface area contributed by atoms with Crippen LogP contribution in [0.4, 0.5) is 11.4 Å². The van der Waals surface area contributed by atoms with E-state index in [1.807, 2.05) is 0 Å². The second-order valence-electron chi connectivity index (χ2n) is 5.41. The Hall–Kier alpha value is -2.52. The van der Waals surface area contributed by atoms with Crippen LogP contribution in [0.15, 0.2) is 24.3 Å². The molecule has 0 saturated carbocycles. The predicted molar refractivity (Wildman–Crippen MR) is 90.2 cm³/mol. The monoisotopic (exact) mass is 337 g/mol. The molecule has 0 aromatic heterocycles. The Morgan fingerprint density at radius 1 is 1.21 bits per heavy atom. The van der Waals surface area contributed by atoms with Crippen LogP contribution in [0.25, 0.3) is 0 Å². The number of nitrogens with zero attached hydrogens (tertiary/aromatic N) is 1. The van der Waals surface area contributed by atoms with Crippen LogP contribution in [-0.4, -0.2) is 35.4 Å². The van der Waals surface area contributed by atoms with Gasteiger partial charge in [-0.1, -0.05) is 6.42 Å². The topological polar surface area (TPSA) is 153 Å². The third-order valence-electron chi connectivity index (χ3n) is 3.40. The minimum Gasteiger partial charge on any atom is -0.343 e. The van der Waals surface area contributed by atoms with Crippen molar-refractivity contribution < 1.29 is 14.5 Å². The number of nitro benzene ring substituents is 1. The molecule has 0 fully saturated rings. The van der Waals surface area contributed by atoms with Gasteiger partial charge in [-0.25, -0.2) is 0 Å². The maximum Gasteiger partial charge on any atom is 0.269 e. The number of carbonyl (C=O) groups excluding carboxylic acids is 2.